The molecule has 0 radical (unpaired) electrons. The molecule has 0 aromatic heterocycles. The Labute approximate surface area is 137 Å². The first-order chi connectivity index (χ1) is 10.6. The minimum atomic E-state index is -2.30. The third-order valence-electron chi connectivity index (χ3n) is 3.29. The maximum absolute atomic E-state index is 11.4. The Bertz CT molecular complexity index is 300. The summed E-state index contributed by atoms with van der Waals surface area (Å²) in [5, 5.41) is 0. The van der Waals surface area contributed by atoms with Crippen LogP contribution in [0.5, 0.6) is 0 Å². The van der Waals surface area contributed by atoms with E-state index in [0.29, 0.717) is 12.8 Å². The number of rotatable bonds is 14. The van der Waals surface area contributed by atoms with Crippen LogP contribution in [0.3, 0.4) is 0 Å². The molecule has 0 rings (SSSR count). The minimum absolute atomic E-state index is 0.212. The standard InChI is InChI=1S/C16H30O5S/c1-3-5-7-9-11-13-15(17)20-22(19)21-16(18)14-12-10-8-6-4-2/h3-14H2,1-2H3. The highest BCUT2D eigenvalue weighted by molar-refractivity contribution is 7.76. The number of hydrogen-bond donors (Lipinski definition) is 0. The Kier molecular flexibility index (Phi) is 14.4. The van der Waals surface area contributed by atoms with Crippen molar-refractivity contribution in [3.63, 3.8) is 0 Å². The molecule has 0 N–H and O–H groups in total. The van der Waals surface area contributed by atoms with Gasteiger partial charge in [-0.1, -0.05) is 65.2 Å². The van der Waals surface area contributed by atoms with Crippen LogP contribution < -0.4 is 0 Å². The molecule has 22 heavy (non-hydrogen) atoms. The summed E-state index contributed by atoms with van der Waals surface area (Å²) in [7, 11) is 0. The van der Waals surface area contributed by atoms with E-state index in [1.165, 1.54) is 0 Å². The van der Waals surface area contributed by atoms with Gasteiger partial charge in [0, 0.05) is 12.8 Å². The van der Waals surface area contributed by atoms with Crippen molar-refractivity contribution in [2.24, 2.45) is 0 Å². The predicted octanol–water partition coefficient (Wildman–Crippen LogP) is 4.37. The van der Waals surface area contributed by atoms with Gasteiger partial charge in [0.15, 0.2) is 0 Å². The molecule has 0 aliphatic rings. The molecular weight excluding hydrogens is 304 g/mol. The lowest BCUT2D eigenvalue weighted by atomic mass is 10.1. The van der Waals surface area contributed by atoms with Gasteiger partial charge in [-0.25, -0.2) is 0 Å². The molecule has 0 saturated heterocycles. The molecule has 0 heterocycles. The molecule has 130 valence electrons. The van der Waals surface area contributed by atoms with E-state index in [4.69, 9.17) is 0 Å². The van der Waals surface area contributed by atoms with Gasteiger partial charge >= 0.3 is 23.3 Å². The highest BCUT2D eigenvalue weighted by atomic mass is 32.2. The molecule has 6 heteroatoms. The maximum Gasteiger partial charge on any atom is 0.422 e. The zero-order valence-corrected chi connectivity index (χ0v) is 14.8. The fourth-order valence-electron chi connectivity index (χ4n) is 2.00. The number of carbonyl (C=O) groups excluding carboxylic acids is 2. The third-order valence-corrected chi connectivity index (χ3v) is 3.93. The normalized spacial score (nSPS) is 10.7. The lowest BCUT2D eigenvalue weighted by molar-refractivity contribution is -0.137. The van der Waals surface area contributed by atoms with E-state index < -0.39 is 23.3 Å². The van der Waals surface area contributed by atoms with Gasteiger partial charge < -0.3 is 8.37 Å². The molecule has 0 fully saturated rings. The van der Waals surface area contributed by atoms with Crippen molar-refractivity contribution >= 4 is 23.3 Å². The number of hydrogen-bond acceptors (Lipinski definition) is 5. The average molecular weight is 334 g/mol. The smallest absolute Gasteiger partial charge is 0.334 e. The second-order valence-corrected chi connectivity index (χ2v) is 6.18. The lowest BCUT2D eigenvalue weighted by Crippen LogP contribution is -2.13. The van der Waals surface area contributed by atoms with Gasteiger partial charge in [-0.05, 0) is 12.8 Å². The summed E-state index contributed by atoms with van der Waals surface area (Å²) >= 11 is -2.30. The second kappa shape index (κ2) is 15.0. The summed E-state index contributed by atoms with van der Waals surface area (Å²) in [4.78, 5) is 22.8. The molecule has 0 amide bonds. The van der Waals surface area contributed by atoms with Gasteiger partial charge in [-0.2, -0.15) is 4.21 Å². The monoisotopic (exact) mass is 334 g/mol. The van der Waals surface area contributed by atoms with Gasteiger partial charge in [-0.15, -0.1) is 0 Å². The molecule has 0 aromatic rings. The van der Waals surface area contributed by atoms with Crippen LogP contribution in [0.15, 0.2) is 0 Å². The Balaban J connectivity index is 3.61. The van der Waals surface area contributed by atoms with E-state index in [9.17, 15) is 13.8 Å². The largest absolute Gasteiger partial charge is 0.422 e. The van der Waals surface area contributed by atoms with Crippen molar-refractivity contribution in [1.82, 2.24) is 0 Å². The van der Waals surface area contributed by atoms with E-state index in [1.54, 1.807) is 0 Å². The highest BCUT2D eigenvalue weighted by Crippen LogP contribution is 2.08. The van der Waals surface area contributed by atoms with Crippen LogP contribution in [0, 0.1) is 0 Å². The van der Waals surface area contributed by atoms with Gasteiger partial charge in [0.1, 0.15) is 0 Å². The molecule has 0 aromatic carbocycles. The third kappa shape index (κ3) is 14.0. The van der Waals surface area contributed by atoms with Crippen molar-refractivity contribution in [1.29, 1.82) is 0 Å². The summed E-state index contributed by atoms with van der Waals surface area (Å²) in [5.41, 5.74) is 0. The topological polar surface area (TPSA) is 69.7 Å². The second-order valence-electron chi connectivity index (χ2n) is 5.44. The molecule has 0 aliphatic heterocycles. The van der Waals surface area contributed by atoms with Crippen LogP contribution in [-0.4, -0.2) is 16.1 Å². The minimum Gasteiger partial charge on any atom is -0.334 e. The molecule has 0 unspecified atom stereocenters. The summed E-state index contributed by atoms with van der Waals surface area (Å²) in [6.07, 6.45) is 10.5. The van der Waals surface area contributed by atoms with Gasteiger partial charge in [0.05, 0.1) is 0 Å². The lowest BCUT2D eigenvalue weighted by Gasteiger charge is -2.04. The Morgan fingerprint density at radius 3 is 1.41 bits per heavy atom. The van der Waals surface area contributed by atoms with Crippen LogP contribution in [0.4, 0.5) is 0 Å². The molecule has 5 nitrogen and oxygen atoms in total. The SMILES string of the molecule is CCCCCCCC(=O)OS(=O)OC(=O)CCCCCCC. The van der Waals surface area contributed by atoms with Crippen molar-refractivity contribution in [2.45, 2.75) is 90.9 Å². The van der Waals surface area contributed by atoms with Crippen molar-refractivity contribution in [3.05, 3.63) is 0 Å². The van der Waals surface area contributed by atoms with E-state index in [2.05, 4.69) is 22.2 Å². The summed E-state index contributed by atoms with van der Waals surface area (Å²) in [6.45, 7) is 4.24. The summed E-state index contributed by atoms with van der Waals surface area (Å²) in [6, 6.07) is 0. The van der Waals surface area contributed by atoms with E-state index in [0.717, 1.165) is 51.4 Å². The fraction of sp³-hybridized carbons (Fsp3) is 0.875. The Hall–Kier alpha value is -0.910. The summed E-state index contributed by atoms with van der Waals surface area (Å²) in [5.74, 6) is -1.16. The fourth-order valence-corrected chi connectivity index (χ4v) is 2.50. The highest BCUT2D eigenvalue weighted by Gasteiger charge is 2.14. The first kappa shape index (κ1) is 21.1. The van der Waals surface area contributed by atoms with Crippen LogP contribution in [0.25, 0.3) is 0 Å². The van der Waals surface area contributed by atoms with Crippen molar-refractivity contribution < 1.29 is 22.2 Å². The maximum atomic E-state index is 11.4. The molecule has 0 bridgehead atoms. The Morgan fingerprint density at radius 1 is 0.682 bits per heavy atom. The van der Waals surface area contributed by atoms with Gasteiger partial charge in [0.2, 0.25) is 0 Å². The Morgan fingerprint density at radius 2 is 1.05 bits per heavy atom. The zero-order chi connectivity index (χ0) is 16.6. The van der Waals surface area contributed by atoms with E-state index in [-0.39, 0.29) is 12.8 Å². The molecular formula is C16H30O5S. The van der Waals surface area contributed by atoms with Crippen LogP contribution in [-0.2, 0) is 29.3 Å². The first-order valence-electron chi connectivity index (χ1n) is 8.44. The van der Waals surface area contributed by atoms with Gasteiger partial charge in [-0.3, -0.25) is 9.59 Å². The van der Waals surface area contributed by atoms with E-state index in [1.807, 2.05) is 0 Å². The zero-order valence-electron chi connectivity index (χ0n) is 13.9. The summed E-state index contributed by atoms with van der Waals surface area (Å²) < 4.78 is 20.5. The molecule has 0 saturated carbocycles. The predicted molar refractivity (Wildman–Crippen MR) is 87.1 cm³/mol. The molecule has 0 aliphatic carbocycles. The first-order valence-corrected chi connectivity index (χ1v) is 9.44. The van der Waals surface area contributed by atoms with Crippen LogP contribution >= 0.6 is 0 Å². The van der Waals surface area contributed by atoms with Crippen molar-refractivity contribution in [3.8, 4) is 0 Å². The molecule has 0 atom stereocenters. The number of carbonyl (C=O) groups is 2. The van der Waals surface area contributed by atoms with Gasteiger partial charge in [0.25, 0.3) is 0 Å². The van der Waals surface area contributed by atoms with E-state index >= 15 is 0 Å². The van der Waals surface area contributed by atoms with Crippen molar-refractivity contribution in [2.75, 3.05) is 0 Å². The molecule has 0 spiro atoms. The average Bonchev–Trinajstić information content (AvgIpc) is 2.46. The van der Waals surface area contributed by atoms with Crippen LogP contribution in [0.1, 0.15) is 90.9 Å². The van der Waals surface area contributed by atoms with Crippen LogP contribution in [0.2, 0.25) is 0 Å². The number of unbranched alkanes of at least 4 members (excludes halogenated alkanes) is 8. The quantitative estimate of drug-likeness (QED) is 0.441.